The van der Waals surface area contributed by atoms with Crippen molar-refractivity contribution in [3.05, 3.63) is 29.7 Å². The molecule has 0 aliphatic rings. The fourth-order valence-electron chi connectivity index (χ4n) is 3.35. The third-order valence-corrected chi connectivity index (χ3v) is 7.76. The summed E-state index contributed by atoms with van der Waals surface area (Å²) in [5.41, 5.74) is 1.28. The molecule has 0 radical (unpaired) electrons. The maximum Gasteiger partial charge on any atom is 0.362 e. The molecule has 3 rings (SSSR count). The number of hydrogen-bond donors (Lipinski definition) is 1. The van der Waals surface area contributed by atoms with Gasteiger partial charge in [-0.2, -0.15) is 4.31 Å². The molecule has 3 aromatic rings. The standard InChI is InChI=1S/C20H26N6O5S2/c1-5-26(6-2)33(29,30)13-8-9-15-14(12-13)21-16(25(15)4)10-11-17(27)22-19-18(23-24-32-19)20(28)31-7-3/h8-9,12H,5-7,10-11H2,1-4H3,(H,22,27). The Balaban J connectivity index is 1.74. The molecule has 0 aliphatic carbocycles. The summed E-state index contributed by atoms with van der Waals surface area (Å²) in [4.78, 5) is 29.0. The van der Waals surface area contributed by atoms with Crippen LogP contribution < -0.4 is 5.32 Å². The summed E-state index contributed by atoms with van der Waals surface area (Å²) < 4.78 is 37.4. The molecule has 2 heterocycles. The Labute approximate surface area is 196 Å². The Morgan fingerprint density at radius 1 is 1.21 bits per heavy atom. The van der Waals surface area contributed by atoms with E-state index in [1.807, 2.05) is 11.6 Å². The zero-order valence-electron chi connectivity index (χ0n) is 18.9. The van der Waals surface area contributed by atoms with Crippen LogP contribution in [0.1, 0.15) is 43.5 Å². The number of anilines is 1. The van der Waals surface area contributed by atoms with E-state index >= 15 is 0 Å². The number of hydrogen-bond acceptors (Lipinski definition) is 9. The molecule has 1 amide bonds. The molecule has 0 saturated heterocycles. The number of aromatic nitrogens is 4. The maximum absolute atomic E-state index is 12.8. The summed E-state index contributed by atoms with van der Waals surface area (Å²) in [7, 11) is -1.78. The molecule has 33 heavy (non-hydrogen) atoms. The number of amides is 1. The van der Waals surface area contributed by atoms with Crippen LogP contribution in [-0.4, -0.2) is 63.4 Å². The van der Waals surface area contributed by atoms with Crippen LogP contribution in [0.2, 0.25) is 0 Å². The minimum absolute atomic E-state index is 0.0279. The maximum atomic E-state index is 12.8. The average Bonchev–Trinajstić information content (AvgIpc) is 3.37. The molecular weight excluding hydrogens is 468 g/mol. The van der Waals surface area contributed by atoms with Gasteiger partial charge in [0.25, 0.3) is 0 Å². The van der Waals surface area contributed by atoms with Gasteiger partial charge in [-0.1, -0.05) is 18.3 Å². The SMILES string of the molecule is CCOC(=O)c1nnsc1NC(=O)CCc1nc2cc(S(=O)(=O)N(CC)CC)ccc2n1C. The number of sulfonamides is 1. The fourth-order valence-corrected chi connectivity index (χ4v) is 5.40. The number of carbonyl (C=O) groups is 2. The van der Waals surface area contributed by atoms with Gasteiger partial charge in [-0.05, 0) is 25.1 Å². The van der Waals surface area contributed by atoms with Gasteiger partial charge in [0.2, 0.25) is 21.6 Å². The lowest BCUT2D eigenvalue weighted by atomic mass is 10.3. The minimum Gasteiger partial charge on any atom is -0.461 e. The third-order valence-electron chi connectivity index (χ3n) is 5.07. The number of aryl methyl sites for hydroxylation is 2. The summed E-state index contributed by atoms with van der Waals surface area (Å²) in [5, 5.41) is 6.58. The molecule has 178 valence electrons. The molecule has 1 aromatic carbocycles. The third kappa shape index (κ3) is 5.20. The van der Waals surface area contributed by atoms with Gasteiger partial charge in [-0.3, -0.25) is 4.79 Å². The van der Waals surface area contributed by atoms with Crippen LogP contribution >= 0.6 is 11.5 Å². The monoisotopic (exact) mass is 494 g/mol. The Kier molecular flexibility index (Phi) is 7.76. The van der Waals surface area contributed by atoms with Crippen molar-refractivity contribution in [2.75, 3.05) is 25.0 Å². The lowest BCUT2D eigenvalue weighted by Crippen LogP contribution is -2.30. The quantitative estimate of drug-likeness (QED) is 0.424. The number of imidazole rings is 1. The molecule has 0 unspecified atom stereocenters. The summed E-state index contributed by atoms with van der Waals surface area (Å²) >= 11 is 0.895. The van der Waals surface area contributed by atoms with E-state index in [1.54, 1.807) is 39.0 Å². The van der Waals surface area contributed by atoms with Gasteiger partial charge in [0.05, 0.1) is 22.5 Å². The van der Waals surface area contributed by atoms with Crippen molar-refractivity contribution in [1.82, 2.24) is 23.4 Å². The van der Waals surface area contributed by atoms with Crippen molar-refractivity contribution in [3.8, 4) is 0 Å². The van der Waals surface area contributed by atoms with Gasteiger partial charge in [-0.15, -0.1) is 5.10 Å². The molecule has 0 saturated carbocycles. The Hall–Kier alpha value is -2.90. The van der Waals surface area contributed by atoms with Crippen LogP contribution in [0.25, 0.3) is 11.0 Å². The second-order valence-corrected chi connectivity index (χ2v) is 9.74. The predicted molar refractivity (Wildman–Crippen MR) is 124 cm³/mol. The predicted octanol–water partition coefficient (Wildman–Crippen LogP) is 2.20. The van der Waals surface area contributed by atoms with E-state index in [-0.39, 0.29) is 34.5 Å². The number of nitrogens with one attached hydrogen (secondary N) is 1. The van der Waals surface area contributed by atoms with E-state index in [0.29, 0.717) is 30.9 Å². The number of rotatable bonds is 10. The number of nitrogens with zero attached hydrogens (tertiary/aromatic N) is 5. The van der Waals surface area contributed by atoms with Crippen LogP contribution in [0.3, 0.4) is 0 Å². The second kappa shape index (κ2) is 10.4. The van der Waals surface area contributed by atoms with Crippen molar-refractivity contribution in [1.29, 1.82) is 0 Å². The largest absolute Gasteiger partial charge is 0.461 e. The van der Waals surface area contributed by atoms with Gasteiger partial charge in [-0.25, -0.2) is 18.2 Å². The van der Waals surface area contributed by atoms with Crippen molar-refractivity contribution in [3.63, 3.8) is 0 Å². The Bertz CT molecular complexity index is 1260. The molecule has 13 heteroatoms. The first-order valence-electron chi connectivity index (χ1n) is 10.5. The first-order chi connectivity index (χ1) is 15.7. The summed E-state index contributed by atoms with van der Waals surface area (Å²) in [6.45, 7) is 6.21. The summed E-state index contributed by atoms with van der Waals surface area (Å²) in [5.74, 6) is -0.346. The highest BCUT2D eigenvalue weighted by molar-refractivity contribution is 7.89. The lowest BCUT2D eigenvalue weighted by Gasteiger charge is -2.18. The van der Waals surface area contributed by atoms with E-state index < -0.39 is 16.0 Å². The number of benzene rings is 1. The second-order valence-electron chi connectivity index (χ2n) is 7.05. The first kappa shape index (κ1) is 24.7. The highest BCUT2D eigenvalue weighted by Gasteiger charge is 2.23. The van der Waals surface area contributed by atoms with Crippen LogP contribution in [0.5, 0.6) is 0 Å². The van der Waals surface area contributed by atoms with E-state index in [0.717, 1.165) is 17.0 Å². The molecule has 2 aromatic heterocycles. The van der Waals surface area contributed by atoms with Crippen molar-refractivity contribution in [2.24, 2.45) is 7.05 Å². The number of fused-ring (bicyclic) bond motifs is 1. The average molecular weight is 495 g/mol. The molecule has 0 bridgehead atoms. The van der Waals surface area contributed by atoms with Gasteiger partial charge >= 0.3 is 5.97 Å². The van der Waals surface area contributed by atoms with Crippen molar-refractivity contribution >= 4 is 49.5 Å². The summed E-state index contributed by atoms with van der Waals surface area (Å²) in [6.07, 6.45) is 0.415. The molecule has 0 fully saturated rings. The molecule has 0 aliphatic heterocycles. The molecule has 11 nitrogen and oxygen atoms in total. The summed E-state index contributed by atoms with van der Waals surface area (Å²) in [6, 6.07) is 4.85. The van der Waals surface area contributed by atoms with E-state index in [4.69, 9.17) is 4.74 Å². The molecule has 0 atom stereocenters. The van der Waals surface area contributed by atoms with Crippen molar-refractivity contribution < 1.29 is 22.7 Å². The highest BCUT2D eigenvalue weighted by atomic mass is 32.2. The van der Waals surface area contributed by atoms with Crippen molar-refractivity contribution in [2.45, 2.75) is 38.5 Å². The van der Waals surface area contributed by atoms with Crippen LogP contribution in [0.4, 0.5) is 5.00 Å². The number of carbonyl (C=O) groups excluding carboxylic acids is 2. The smallest absolute Gasteiger partial charge is 0.362 e. The van der Waals surface area contributed by atoms with Crippen LogP contribution in [-0.2, 0) is 33.0 Å². The topological polar surface area (TPSA) is 136 Å². The van der Waals surface area contributed by atoms with Gasteiger partial charge < -0.3 is 14.6 Å². The lowest BCUT2D eigenvalue weighted by molar-refractivity contribution is -0.116. The number of esters is 1. The first-order valence-corrected chi connectivity index (χ1v) is 12.7. The minimum atomic E-state index is -3.59. The van der Waals surface area contributed by atoms with Crippen LogP contribution in [0.15, 0.2) is 23.1 Å². The molecule has 0 spiro atoms. The number of ether oxygens (including phenoxy) is 1. The van der Waals surface area contributed by atoms with E-state index in [1.165, 1.54) is 4.31 Å². The van der Waals surface area contributed by atoms with E-state index in [9.17, 15) is 18.0 Å². The van der Waals surface area contributed by atoms with E-state index in [2.05, 4.69) is 19.9 Å². The molecule has 1 N–H and O–H groups in total. The Morgan fingerprint density at radius 2 is 1.94 bits per heavy atom. The fraction of sp³-hybridized carbons (Fsp3) is 0.450. The van der Waals surface area contributed by atoms with Gasteiger partial charge in [0.1, 0.15) is 5.82 Å². The highest BCUT2D eigenvalue weighted by Crippen LogP contribution is 2.23. The van der Waals surface area contributed by atoms with Gasteiger partial charge in [0, 0.05) is 44.5 Å². The normalized spacial score (nSPS) is 11.8. The zero-order valence-corrected chi connectivity index (χ0v) is 20.5. The van der Waals surface area contributed by atoms with Crippen LogP contribution in [0, 0.1) is 0 Å². The Morgan fingerprint density at radius 3 is 2.61 bits per heavy atom. The zero-order chi connectivity index (χ0) is 24.2. The van der Waals surface area contributed by atoms with Gasteiger partial charge in [0.15, 0.2) is 5.00 Å². The molecular formula is C20H26N6O5S2.